The lowest BCUT2D eigenvalue weighted by Crippen LogP contribution is -2.39. The maximum absolute atomic E-state index is 13.9. The Labute approximate surface area is 108 Å². The van der Waals surface area contributed by atoms with Crippen LogP contribution < -0.4 is 10.6 Å². The summed E-state index contributed by atoms with van der Waals surface area (Å²) < 4.78 is 13.9. The van der Waals surface area contributed by atoms with Gasteiger partial charge in [-0.1, -0.05) is 6.07 Å². The monoisotopic (exact) mass is 254 g/mol. The van der Waals surface area contributed by atoms with Gasteiger partial charge in [0, 0.05) is 30.4 Å². The molecule has 0 bridgehead atoms. The highest BCUT2D eigenvalue weighted by atomic mass is 19.1. The molecule has 1 rings (SSSR count). The number of nitrogens with zero attached hydrogens (tertiary/aromatic N) is 1. The molecule has 1 atom stereocenters. The van der Waals surface area contributed by atoms with Crippen LogP contribution in [0.25, 0.3) is 0 Å². The third-order valence-corrected chi connectivity index (χ3v) is 2.79. The van der Waals surface area contributed by atoms with Crippen molar-refractivity contribution in [1.82, 2.24) is 0 Å². The maximum atomic E-state index is 13.9. The third-order valence-electron chi connectivity index (χ3n) is 2.79. The molecule has 0 aromatic heterocycles. The molecule has 18 heavy (non-hydrogen) atoms. The van der Waals surface area contributed by atoms with Crippen LogP contribution in [-0.2, 0) is 0 Å². The van der Waals surface area contributed by atoms with Gasteiger partial charge < -0.3 is 15.7 Å². The molecule has 0 aliphatic carbocycles. The highest BCUT2D eigenvalue weighted by Gasteiger charge is 2.22. The number of aliphatic hydroxyl groups is 1. The van der Waals surface area contributed by atoms with E-state index < -0.39 is 5.60 Å². The maximum Gasteiger partial charge on any atom is 0.130 e. The summed E-state index contributed by atoms with van der Waals surface area (Å²) >= 11 is 0. The van der Waals surface area contributed by atoms with Gasteiger partial charge in [-0.2, -0.15) is 0 Å². The van der Waals surface area contributed by atoms with E-state index in [-0.39, 0.29) is 11.9 Å². The predicted molar refractivity (Wildman–Crippen MR) is 73.2 cm³/mol. The van der Waals surface area contributed by atoms with Gasteiger partial charge >= 0.3 is 0 Å². The quantitative estimate of drug-likeness (QED) is 0.848. The van der Waals surface area contributed by atoms with Gasteiger partial charge in [-0.25, -0.2) is 4.39 Å². The number of halogens is 1. The van der Waals surface area contributed by atoms with Crippen molar-refractivity contribution in [3.05, 3.63) is 29.6 Å². The van der Waals surface area contributed by atoms with E-state index in [1.165, 1.54) is 6.07 Å². The molecule has 0 radical (unpaired) electrons. The Hall–Kier alpha value is -1.13. The normalized spacial score (nSPS) is 13.5. The fraction of sp³-hybridized carbons (Fsp3) is 0.571. The van der Waals surface area contributed by atoms with Gasteiger partial charge in [-0.05, 0) is 39.8 Å². The molecular weight excluding hydrogens is 231 g/mol. The minimum Gasteiger partial charge on any atom is -0.389 e. The van der Waals surface area contributed by atoms with E-state index in [1.807, 2.05) is 17.9 Å². The minimum atomic E-state index is -0.836. The van der Waals surface area contributed by atoms with Crippen LogP contribution in [0.1, 0.15) is 39.3 Å². The molecule has 0 saturated heterocycles. The van der Waals surface area contributed by atoms with Crippen molar-refractivity contribution in [1.29, 1.82) is 0 Å². The van der Waals surface area contributed by atoms with Gasteiger partial charge in [0.1, 0.15) is 5.82 Å². The lowest BCUT2D eigenvalue weighted by molar-refractivity contribution is 0.0875. The van der Waals surface area contributed by atoms with Crippen LogP contribution in [0.2, 0.25) is 0 Å². The topological polar surface area (TPSA) is 49.5 Å². The number of rotatable bonds is 5. The largest absolute Gasteiger partial charge is 0.389 e. The minimum absolute atomic E-state index is 0.295. The van der Waals surface area contributed by atoms with Crippen LogP contribution in [0.5, 0.6) is 0 Å². The fourth-order valence-electron chi connectivity index (χ4n) is 2.09. The number of nitrogens with two attached hydrogens (primary N) is 1. The van der Waals surface area contributed by atoms with Crippen molar-refractivity contribution < 1.29 is 9.50 Å². The Morgan fingerprint density at radius 1 is 1.44 bits per heavy atom. The lowest BCUT2D eigenvalue weighted by Gasteiger charge is -2.32. The first-order chi connectivity index (χ1) is 8.26. The zero-order valence-electron chi connectivity index (χ0n) is 11.6. The highest BCUT2D eigenvalue weighted by molar-refractivity contribution is 5.55. The van der Waals surface area contributed by atoms with Crippen molar-refractivity contribution in [3.8, 4) is 0 Å². The highest BCUT2D eigenvalue weighted by Crippen LogP contribution is 2.28. The summed E-state index contributed by atoms with van der Waals surface area (Å²) in [4.78, 5) is 1.95. The number of anilines is 1. The third kappa shape index (κ3) is 3.68. The Bertz CT molecular complexity index is 399. The van der Waals surface area contributed by atoms with Gasteiger partial charge in [0.15, 0.2) is 0 Å². The second-order valence-electron chi connectivity index (χ2n) is 5.29. The first-order valence-corrected chi connectivity index (χ1v) is 6.27. The Balaban J connectivity index is 3.17. The summed E-state index contributed by atoms with van der Waals surface area (Å²) in [5.41, 5.74) is 6.27. The Kier molecular flexibility index (Phi) is 4.71. The summed E-state index contributed by atoms with van der Waals surface area (Å²) in [5.74, 6) is -0.295. The van der Waals surface area contributed by atoms with Crippen LogP contribution in [0.4, 0.5) is 10.1 Å². The number of likely N-dealkylation sites (N-methyl/N-ethyl adjacent to an activating group) is 1. The van der Waals surface area contributed by atoms with Crippen LogP contribution in [0.15, 0.2) is 18.2 Å². The summed E-state index contributed by atoms with van der Waals surface area (Å²) in [6, 6.07) is 4.55. The average molecular weight is 254 g/mol. The number of benzene rings is 1. The fourth-order valence-corrected chi connectivity index (χ4v) is 2.09. The van der Waals surface area contributed by atoms with E-state index in [1.54, 1.807) is 26.8 Å². The average Bonchev–Trinajstić information content (AvgIpc) is 2.23. The molecule has 0 amide bonds. The van der Waals surface area contributed by atoms with Crippen molar-refractivity contribution >= 4 is 5.69 Å². The van der Waals surface area contributed by atoms with E-state index in [0.29, 0.717) is 18.7 Å². The van der Waals surface area contributed by atoms with E-state index in [9.17, 15) is 9.50 Å². The molecule has 0 fully saturated rings. The Morgan fingerprint density at radius 3 is 2.50 bits per heavy atom. The van der Waals surface area contributed by atoms with E-state index in [2.05, 4.69) is 0 Å². The van der Waals surface area contributed by atoms with E-state index >= 15 is 0 Å². The number of hydrogen-bond donors (Lipinski definition) is 2. The molecule has 0 spiro atoms. The van der Waals surface area contributed by atoms with E-state index in [4.69, 9.17) is 5.73 Å². The molecule has 102 valence electrons. The van der Waals surface area contributed by atoms with Crippen LogP contribution in [0.3, 0.4) is 0 Å². The predicted octanol–water partition coefficient (Wildman–Crippen LogP) is 2.44. The molecule has 0 saturated carbocycles. The summed E-state index contributed by atoms with van der Waals surface area (Å²) in [5, 5.41) is 9.91. The molecule has 0 aliphatic heterocycles. The zero-order valence-corrected chi connectivity index (χ0v) is 11.6. The molecule has 0 aliphatic rings. The van der Waals surface area contributed by atoms with Crippen molar-refractivity contribution in [3.63, 3.8) is 0 Å². The first-order valence-electron chi connectivity index (χ1n) is 6.27. The van der Waals surface area contributed by atoms with Crippen LogP contribution >= 0.6 is 0 Å². The van der Waals surface area contributed by atoms with Crippen molar-refractivity contribution in [2.75, 3.05) is 18.0 Å². The summed E-state index contributed by atoms with van der Waals surface area (Å²) in [7, 11) is 0. The second-order valence-corrected chi connectivity index (χ2v) is 5.29. The van der Waals surface area contributed by atoms with Gasteiger partial charge in [0.25, 0.3) is 0 Å². The SMILES string of the molecule is CCN(CC(C)(C)O)c1cccc(F)c1[C@@H](C)N. The van der Waals surface area contributed by atoms with Crippen molar-refractivity contribution in [2.45, 2.75) is 39.3 Å². The van der Waals surface area contributed by atoms with Gasteiger partial charge in [-0.15, -0.1) is 0 Å². The van der Waals surface area contributed by atoms with Gasteiger partial charge in [0.2, 0.25) is 0 Å². The molecule has 1 aromatic carbocycles. The van der Waals surface area contributed by atoms with E-state index in [0.717, 1.165) is 5.69 Å². The number of hydrogen-bond acceptors (Lipinski definition) is 3. The van der Waals surface area contributed by atoms with Crippen molar-refractivity contribution in [2.24, 2.45) is 5.73 Å². The summed E-state index contributed by atoms with van der Waals surface area (Å²) in [6.07, 6.45) is 0. The van der Waals surface area contributed by atoms with Crippen LogP contribution in [-0.4, -0.2) is 23.8 Å². The van der Waals surface area contributed by atoms with Gasteiger partial charge in [0.05, 0.1) is 5.60 Å². The second kappa shape index (κ2) is 5.67. The molecule has 4 heteroatoms. The lowest BCUT2D eigenvalue weighted by atomic mass is 10.0. The molecule has 0 heterocycles. The Morgan fingerprint density at radius 2 is 2.06 bits per heavy atom. The summed E-state index contributed by atoms with van der Waals surface area (Å²) in [6.45, 7) is 8.34. The van der Waals surface area contributed by atoms with Crippen LogP contribution in [0, 0.1) is 5.82 Å². The molecule has 3 nitrogen and oxygen atoms in total. The molecular formula is C14H23FN2O. The smallest absolute Gasteiger partial charge is 0.130 e. The standard InChI is InChI=1S/C14H23FN2O/c1-5-17(9-14(3,4)18)12-8-6-7-11(15)13(12)10(2)16/h6-8,10,18H,5,9,16H2,1-4H3/t10-/m1/s1. The first kappa shape index (κ1) is 14.9. The molecule has 0 unspecified atom stereocenters. The molecule has 1 aromatic rings. The molecule has 3 N–H and O–H groups in total. The van der Waals surface area contributed by atoms with Gasteiger partial charge in [-0.3, -0.25) is 0 Å². The zero-order chi connectivity index (χ0) is 13.9.